The van der Waals surface area contributed by atoms with E-state index >= 15 is 0 Å². The number of hydrogen-bond acceptors (Lipinski definition) is 2. The molecule has 0 amide bonds. The van der Waals surface area contributed by atoms with Crippen molar-refractivity contribution in [3.05, 3.63) is 30.1 Å². The van der Waals surface area contributed by atoms with E-state index in [0.29, 0.717) is 6.73 Å². The van der Waals surface area contributed by atoms with Gasteiger partial charge in [0.15, 0.2) is 0 Å². The molecule has 1 aromatic heterocycles. The van der Waals surface area contributed by atoms with E-state index in [1.54, 1.807) is 0 Å². The quantitative estimate of drug-likeness (QED) is 0.785. The van der Waals surface area contributed by atoms with E-state index in [-0.39, 0.29) is 0 Å². The Kier molecular flexibility index (Phi) is 2.40. The maximum absolute atomic E-state index is 5.71. The molecule has 1 aromatic carbocycles. The van der Waals surface area contributed by atoms with Gasteiger partial charge < -0.3 is 9.30 Å². The Labute approximate surface area is 95.0 Å². The van der Waals surface area contributed by atoms with Crippen LogP contribution in [0, 0.1) is 12.8 Å². The number of aromatic nitrogens is 2. The smallest absolute Gasteiger partial charge is 0.124 e. The largest absolute Gasteiger partial charge is 0.360 e. The standard InChI is InChI=1S/C13H16N2O/c1-10-14-12-4-2-3-5-13(12)15(10)9-16-8-11-6-7-11/h2-5,11H,6-9H2,1H3. The maximum Gasteiger partial charge on any atom is 0.124 e. The highest BCUT2D eigenvalue weighted by Gasteiger charge is 2.21. The Bertz CT molecular complexity index is 500. The number of para-hydroxylation sites is 2. The molecule has 2 aromatic rings. The Balaban J connectivity index is 1.80. The van der Waals surface area contributed by atoms with E-state index < -0.39 is 0 Å². The molecule has 1 heterocycles. The van der Waals surface area contributed by atoms with Crippen molar-refractivity contribution in [1.29, 1.82) is 0 Å². The molecule has 1 fully saturated rings. The van der Waals surface area contributed by atoms with Crippen molar-refractivity contribution < 1.29 is 4.74 Å². The number of ether oxygens (including phenoxy) is 1. The van der Waals surface area contributed by atoms with Gasteiger partial charge >= 0.3 is 0 Å². The molecule has 3 rings (SSSR count). The van der Waals surface area contributed by atoms with E-state index in [9.17, 15) is 0 Å². The lowest BCUT2D eigenvalue weighted by molar-refractivity contribution is 0.0702. The normalized spacial score (nSPS) is 15.8. The highest BCUT2D eigenvalue weighted by molar-refractivity contribution is 5.75. The van der Waals surface area contributed by atoms with Crippen molar-refractivity contribution in [3.8, 4) is 0 Å². The molecule has 0 spiro atoms. The minimum atomic E-state index is 0.628. The molecule has 84 valence electrons. The highest BCUT2D eigenvalue weighted by atomic mass is 16.5. The zero-order chi connectivity index (χ0) is 11.0. The molecule has 1 saturated carbocycles. The second-order valence-corrected chi connectivity index (χ2v) is 4.52. The van der Waals surface area contributed by atoms with E-state index in [1.165, 1.54) is 12.8 Å². The molecule has 16 heavy (non-hydrogen) atoms. The summed E-state index contributed by atoms with van der Waals surface area (Å²) in [6.45, 7) is 3.55. The van der Waals surface area contributed by atoms with Crippen LogP contribution in [-0.4, -0.2) is 16.2 Å². The summed E-state index contributed by atoms with van der Waals surface area (Å²) >= 11 is 0. The summed E-state index contributed by atoms with van der Waals surface area (Å²) in [5.41, 5.74) is 2.21. The average molecular weight is 216 g/mol. The number of rotatable bonds is 4. The van der Waals surface area contributed by atoms with Crippen molar-refractivity contribution >= 4 is 11.0 Å². The monoisotopic (exact) mass is 216 g/mol. The minimum absolute atomic E-state index is 0.628. The number of aryl methyl sites for hydroxylation is 1. The Morgan fingerprint density at radius 2 is 2.19 bits per heavy atom. The van der Waals surface area contributed by atoms with Gasteiger partial charge in [0, 0.05) is 0 Å². The van der Waals surface area contributed by atoms with Crippen LogP contribution in [0.2, 0.25) is 0 Å². The van der Waals surface area contributed by atoms with Crippen LogP contribution >= 0.6 is 0 Å². The first-order valence-electron chi connectivity index (χ1n) is 5.84. The van der Waals surface area contributed by atoms with Crippen molar-refractivity contribution in [1.82, 2.24) is 9.55 Å². The third kappa shape index (κ3) is 1.83. The second-order valence-electron chi connectivity index (χ2n) is 4.52. The first kappa shape index (κ1) is 9.85. The van der Waals surface area contributed by atoms with Gasteiger partial charge in [0.2, 0.25) is 0 Å². The summed E-state index contributed by atoms with van der Waals surface area (Å²) in [6, 6.07) is 8.19. The summed E-state index contributed by atoms with van der Waals surface area (Å²) < 4.78 is 7.85. The third-order valence-electron chi connectivity index (χ3n) is 3.12. The average Bonchev–Trinajstić information content (AvgIpc) is 3.04. The van der Waals surface area contributed by atoms with Crippen LogP contribution in [0.1, 0.15) is 18.7 Å². The van der Waals surface area contributed by atoms with Crippen LogP contribution in [0.3, 0.4) is 0 Å². The molecule has 1 aliphatic carbocycles. The van der Waals surface area contributed by atoms with Crippen LogP contribution in [0.4, 0.5) is 0 Å². The van der Waals surface area contributed by atoms with Crippen LogP contribution < -0.4 is 0 Å². The van der Waals surface area contributed by atoms with Crippen LogP contribution in [0.5, 0.6) is 0 Å². The fourth-order valence-electron chi connectivity index (χ4n) is 1.95. The van der Waals surface area contributed by atoms with E-state index in [4.69, 9.17) is 4.74 Å². The van der Waals surface area contributed by atoms with Crippen LogP contribution in [0.25, 0.3) is 11.0 Å². The summed E-state index contributed by atoms with van der Waals surface area (Å²) in [7, 11) is 0. The third-order valence-corrected chi connectivity index (χ3v) is 3.12. The van der Waals surface area contributed by atoms with Gasteiger partial charge in [-0.2, -0.15) is 0 Å². The van der Waals surface area contributed by atoms with E-state index in [0.717, 1.165) is 29.4 Å². The van der Waals surface area contributed by atoms with Gasteiger partial charge in [0.1, 0.15) is 12.6 Å². The first-order valence-corrected chi connectivity index (χ1v) is 5.84. The van der Waals surface area contributed by atoms with Crippen LogP contribution in [-0.2, 0) is 11.5 Å². The molecule has 0 unspecified atom stereocenters. The first-order chi connectivity index (χ1) is 7.84. The predicted octanol–water partition coefficient (Wildman–Crippen LogP) is 2.73. The Hall–Kier alpha value is -1.35. The van der Waals surface area contributed by atoms with E-state index in [2.05, 4.69) is 15.6 Å². The van der Waals surface area contributed by atoms with E-state index in [1.807, 2.05) is 25.1 Å². The molecule has 0 aliphatic heterocycles. The Morgan fingerprint density at radius 1 is 1.38 bits per heavy atom. The predicted molar refractivity (Wildman–Crippen MR) is 63.1 cm³/mol. The van der Waals surface area contributed by atoms with Crippen molar-refractivity contribution in [2.45, 2.75) is 26.5 Å². The fourth-order valence-corrected chi connectivity index (χ4v) is 1.95. The molecule has 3 heteroatoms. The van der Waals surface area contributed by atoms with Gasteiger partial charge in [0.25, 0.3) is 0 Å². The minimum Gasteiger partial charge on any atom is -0.360 e. The van der Waals surface area contributed by atoms with Crippen molar-refractivity contribution in [2.75, 3.05) is 6.61 Å². The van der Waals surface area contributed by atoms with Gasteiger partial charge in [-0.15, -0.1) is 0 Å². The molecule has 0 atom stereocenters. The fraction of sp³-hybridized carbons (Fsp3) is 0.462. The molecular formula is C13H16N2O. The second kappa shape index (κ2) is 3.91. The molecule has 0 bridgehead atoms. The lowest BCUT2D eigenvalue weighted by Gasteiger charge is -2.07. The van der Waals surface area contributed by atoms with Gasteiger partial charge in [-0.05, 0) is 37.8 Å². The summed E-state index contributed by atoms with van der Waals surface area (Å²) in [6.07, 6.45) is 2.67. The number of fused-ring (bicyclic) bond motifs is 1. The van der Waals surface area contributed by atoms with Gasteiger partial charge in [-0.25, -0.2) is 4.98 Å². The zero-order valence-corrected chi connectivity index (χ0v) is 9.52. The van der Waals surface area contributed by atoms with Gasteiger partial charge in [-0.1, -0.05) is 12.1 Å². The summed E-state index contributed by atoms with van der Waals surface area (Å²) in [4.78, 5) is 4.51. The van der Waals surface area contributed by atoms with Gasteiger partial charge in [-0.3, -0.25) is 0 Å². The topological polar surface area (TPSA) is 27.1 Å². The number of hydrogen-bond donors (Lipinski definition) is 0. The lowest BCUT2D eigenvalue weighted by atomic mass is 10.3. The summed E-state index contributed by atoms with van der Waals surface area (Å²) in [5, 5.41) is 0. The SMILES string of the molecule is Cc1nc2ccccc2n1COCC1CC1. The number of nitrogens with zero attached hydrogens (tertiary/aromatic N) is 2. The van der Waals surface area contributed by atoms with Gasteiger partial charge in [0.05, 0.1) is 17.6 Å². The highest BCUT2D eigenvalue weighted by Crippen LogP contribution is 2.29. The summed E-state index contributed by atoms with van der Waals surface area (Å²) in [5.74, 6) is 1.84. The van der Waals surface area contributed by atoms with Crippen molar-refractivity contribution in [3.63, 3.8) is 0 Å². The van der Waals surface area contributed by atoms with Crippen LogP contribution in [0.15, 0.2) is 24.3 Å². The molecule has 0 radical (unpaired) electrons. The maximum atomic E-state index is 5.71. The molecule has 3 nitrogen and oxygen atoms in total. The molecule has 0 saturated heterocycles. The molecular weight excluding hydrogens is 200 g/mol. The number of imidazole rings is 1. The zero-order valence-electron chi connectivity index (χ0n) is 9.52. The molecule has 0 N–H and O–H groups in total. The van der Waals surface area contributed by atoms with Crippen molar-refractivity contribution in [2.24, 2.45) is 5.92 Å². The Morgan fingerprint density at radius 3 is 3.00 bits per heavy atom. The molecule has 1 aliphatic rings. The number of benzene rings is 1. The lowest BCUT2D eigenvalue weighted by Crippen LogP contribution is -2.06.